The maximum absolute atomic E-state index is 5.58. The minimum absolute atomic E-state index is 0.585. The van der Waals surface area contributed by atoms with E-state index in [0.717, 1.165) is 19.5 Å². The van der Waals surface area contributed by atoms with E-state index in [1.54, 1.807) is 0 Å². The van der Waals surface area contributed by atoms with Crippen LogP contribution in [0.5, 0.6) is 0 Å². The molecule has 0 unspecified atom stereocenters. The second kappa shape index (κ2) is 4.56. The molecule has 0 aliphatic carbocycles. The van der Waals surface area contributed by atoms with Gasteiger partial charge in [0.15, 0.2) is 0 Å². The highest BCUT2D eigenvalue weighted by atomic mass is 15.3. The highest BCUT2D eigenvalue weighted by Gasteiger charge is 2.00. The summed E-state index contributed by atoms with van der Waals surface area (Å²) in [6, 6.07) is 12.4. The Kier molecular flexibility index (Phi) is 2.76. The maximum atomic E-state index is 5.58. The van der Waals surface area contributed by atoms with Crippen LogP contribution < -0.4 is 5.73 Å². The van der Waals surface area contributed by atoms with Crippen molar-refractivity contribution in [2.75, 3.05) is 5.73 Å². The topological polar surface area (TPSA) is 48.8 Å². The molecule has 3 aromatic rings. The second-order valence-electron chi connectivity index (χ2n) is 4.43. The van der Waals surface area contributed by atoms with Gasteiger partial charge >= 0.3 is 0 Å². The van der Waals surface area contributed by atoms with Crippen LogP contribution in [0.1, 0.15) is 6.42 Å². The molecule has 0 aliphatic heterocycles. The van der Waals surface area contributed by atoms with Gasteiger partial charge in [-0.05, 0) is 30.0 Å². The number of para-hydroxylation sites is 1. The number of fused-ring (bicyclic) bond motifs is 1. The summed E-state index contributed by atoms with van der Waals surface area (Å²) in [6.07, 6.45) is 5.10. The largest absolute Gasteiger partial charge is 0.382 e. The van der Waals surface area contributed by atoms with Crippen LogP contribution in [0.15, 0.2) is 48.8 Å². The number of aromatic nitrogens is 3. The predicted molar refractivity (Wildman–Crippen MR) is 73.2 cm³/mol. The van der Waals surface area contributed by atoms with Gasteiger partial charge in [0.25, 0.3) is 0 Å². The van der Waals surface area contributed by atoms with Crippen LogP contribution in [0, 0.1) is 0 Å². The molecule has 0 amide bonds. The van der Waals surface area contributed by atoms with E-state index in [-0.39, 0.29) is 0 Å². The van der Waals surface area contributed by atoms with Crippen molar-refractivity contribution in [1.82, 2.24) is 14.3 Å². The Bertz CT molecular complexity index is 650. The van der Waals surface area contributed by atoms with Crippen LogP contribution in [-0.2, 0) is 13.1 Å². The van der Waals surface area contributed by atoms with E-state index in [4.69, 9.17) is 5.73 Å². The SMILES string of the molecule is Nc1ccn(CCCn2ccc3ccccc32)n1. The highest BCUT2D eigenvalue weighted by molar-refractivity contribution is 5.79. The molecule has 2 N–H and O–H groups in total. The molecule has 2 heterocycles. The van der Waals surface area contributed by atoms with E-state index in [2.05, 4.69) is 46.2 Å². The first-order valence-electron chi connectivity index (χ1n) is 6.16. The zero-order chi connectivity index (χ0) is 12.4. The molecule has 4 heteroatoms. The van der Waals surface area contributed by atoms with Crippen LogP contribution in [0.4, 0.5) is 5.82 Å². The third kappa shape index (κ3) is 2.09. The summed E-state index contributed by atoms with van der Waals surface area (Å²) >= 11 is 0. The van der Waals surface area contributed by atoms with Crippen molar-refractivity contribution >= 4 is 16.7 Å². The molecule has 0 fully saturated rings. The number of nitrogens with zero attached hydrogens (tertiary/aromatic N) is 3. The number of hydrogen-bond donors (Lipinski definition) is 1. The Morgan fingerprint density at radius 2 is 1.89 bits per heavy atom. The van der Waals surface area contributed by atoms with Crippen LogP contribution >= 0.6 is 0 Å². The molecule has 3 rings (SSSR count). The molecule has 0 aliphatic rings. The van der Waals surface area contributed by atoms with Gasteiger partial charge in [-0.2, -0.15) is 5.10 Å². The molecule has 0 spiro atoms. The van der Waals surface area contributed by atoms with E-state index in [9.17, 15) is 0 Å². The minimum Gasteiger partial charge on any atom is -0.382 e. The van der Waals surface area contributed by atoms with Gasteiger partial charge in [0.2, 0.25) is 0 Å². The van der Waals surface area contributed by atoms with Gasteiger partial charge in [0.1, 0.15) is 5.82 Å². The predicted octanol–water partition coefficient (Wildman–Crippen LogP) is 2.51. The first kappa shape index (κ1) is 10.9. The monoisotopic (exact) mass is 240 g/mol. The van der Waals surface area contributed by atoms with E-state index in [1.807, 2.05) is 16.9 Å². The van der Waals surface area contributed by atoms with E-state index < -0.39 is 0 Å². The van der Waals surface area contributed by atoms with Crippen molar-refractivity contribution < 1.29 is 0 Å². The lowest BCUT2D eigenvalue weighted by Crippen LogP contribution is -2.04. The summed E-state index contributed by atoms with van der Waals surface area (Å²) in [5.74, 6) is 0.585. The molecule has 92 valence electrons. The summed E-state index contributed by atoms with van der Waals surface area (Å²) in [7, 11) is 0. The minimum atomic E-state index is 0.585. The quantitative estimate of drug-likeness (QED) is 0.761. The van der Waals surface area contributed by atoms with Crippen molar-refractivity contribution in [3.63, 3.8) is 0 Å². The average Bonchev–Trinajstić information content (AvgIpc) is 2.97. The zero-order valence-corrected chi connectivity index (χ0v) is 10.2. The number of hydrogen-bond acceptors (Lipinski definition) is 2. The van der Waals surface area contributed by atoms with Gasteiger partial charge in [-0.25, -0.2) is 0 Å². The number of benzene rings is 1. The first-order valence-corrected chi connectivity index (χ1v) is 6.16. The Hall–Kier alpha value is -2.23. The number of rotatable bonds is 4. The van der Waals surface area contributed by atoms with Crippen molar-refractivity contribution in [2.45, 2.75) is 19.5 Å². The van der Waals surface area contributed by atoms with Gasteiger partial charge in [0, 0.05) is 31.0 Å². The Morgan fingerprint density at radius 3 is 2.72 bits per heavy atom. The summed E-state index contributed by atoms with van der Waals surface area (Å²) in [6.45, 7) is 1.89. The van der Waals surface area contributed by atoms with Gasteiger partial charge in [-0.3, -0.25) is 4.68 Å². The molecule has 0 bridgehead atoms. The molecule has 2 aromatic heterocycles. The molecule has 18 heavy (non-hydrogen) atoms. The fourth-order valence-corrected chi connectivity index (χ4v) is 2.24. The fourth-order valence-electron chi connectivity index (χ4n) is 2.24. The van der Waals surface area contributed by atoms with Crippen LogP contribution in [0.25, 0.3) is 10.9 Å². The summed E-state index contributed by atoms with van der Waals surface area (Å²) in [4.78, 5) is 0. The summed E-state index contributed by atoms with van der Waals surface area (Å²) < 4.78 is 4.17. The van der Waals surface area contributed by atoms with E-state index >= 15 is 0 Å². The summed E-state index contributed by atoms with van der Waals surface area (Å²) in [5.41, 5.74) is 6.87. The van der Waals surface area contributed by atoms with Crippen molar-refractivity contribution in [3.05, 3.63) is 48.8 Å². The molecule has 4 nitrogen and oxygen atoms in total. The first-order chi connectivity index (χ1) is 8.83. The van der Waals surface area contributed by atoms with Crippen LogP contribution in [0.2, 0.25) is 0 Å². The molecule has 0 saturated carbocycles. The zero-order valence-electron chi connectivity index (χ0n) is 10.2. The lowest BCUT2D eigenvalue weighted by Gasteiger charge is -2.05. The molecule has 0 saturated heterocycles. The lowest BCUT2D eigenvalue weighted by molar-refractivity contribution is 0.535. The van der Waals surface area contributed by atoms with Crippen molar-refractivity contribution in [2.24, 2.45) is 0 Å². The van der Waals surface area contributed by atoms with E-state index in [1.165, 1.54) is 10.9 Å². The molecular formula is C14H16N4. The van der Waals surface area contributed by atoms with E-state index in [0.29, 0.717) is 5.82 Å². The number of aryl methyl sites for hydroxylation is 2. The molecule has 0 radical (unpaired) electrons. The lowest BCUT2D eigenvalue weighted by atomic mass is 10.2. The second-order valence-corrected chi connectivity index (χ2v) is 4.43. The molecular weight excluding hydrogens is 224 g/mol. The highest BCUT2D eigenvalue weighted by Crippen LogP contribution is 2.15. The fraction of sp³-hybridized carbons (Fsp3) is 0.214. The van der Waals surface area contributed by atoms with Crippen molar-refractivity contribution in [1.29, 1.82) is 0 Å². The normalized spacial score (nSPS) is 11.1. The number of nitrogens with two attached hydrogens (primary N) is 1. The van der Waals surface area contributed by atoms with Crippen LogP contribution in [0.3, 0.4) is 0 Å². The molecule has 1 aromatic carbocycles. The smallest absolute Gasteiger partial charge is 0.145 e. The van der Waals surface area contributed by atoms with Gasteiger partial charge in [-0.15, -0.1) is 0 Å². The Labute approximate surface area is 106 Å². The average molecular weight is 240 g/mol. The number of nitrogen functional groups attached to an aromatic ring is 1. The Balaban J connectivity index is 1.66. The van der Waals surface area contributed by atoms with Gasteiger partial charge in [-0.1, -0.05) is 18.2 Å². The van der Waals surface area contributed by atoms with Gasteiger partial charge < -0.3 is 10.3 Å². The van der Waals surface area contributed by atoms with Crippen LogP contribution in [-0.4, -0.2) is 14.3 Å². The third-order valence-electron chi connectivity index (χ3n) is 3.13. The Morgan fingerprint density at radius 1 is 1.00 bits per heavy atom. The van der Waals surface area contributed by atoms with Gasteiger partial charge in [0.05, 0.1) is 0 Å². The third-order valence-corrected chi connectivity index (χ3v) is 3.13. The summed E-state index contributed by atoms with van der Waals surface area (Å²) in [5, 5.41) is 5.47. The number of anilines is 1. The maximum Gasteiger partial charge on any atom is 0.145 e. The standard InChI is InChI=1S/C14H16N4/c15-14-7-11-18(16-14)9-3-8-17-10-6-12-4-1-2-5-13(12)17/h1-2,4-7,10-11H,3,8-9H2,(H2,15,16). The molecule has 0 atom stereocenters. The van der Waals surface area contributed by atoms with Crippen molar-refractivity contribution in [3.8, 4) is 0 Å².